The summed E-state index contributed by atoms with van der Waals surface area (Å²) in [6.07, 6.45) is 4.94. The molecule has 0 bridgehead atoms. The number of anilines is 1. The minimum Gasteiger partial charge on any atom is -0.480 e. The molecule has 110 valence electrons. The van der Waals surface area contributed by atoms with Crippen LogP contribution in [0.1, 0.15) is 39.7 Å². The molecule has 0 radical (unpaired) electrons. The van der Waals surface area contributed by atoms with Crippen molar-refractivity contribution in [3.8, 4) is 0 Å². The van der Waals surface area contributed by atoms with Crippen molar-refractivity contribution >= 4 is 11.8 Å². The van der Waals surface area contributed by atoms with Crippen LogP contribution in [0.4, 0.5) is 5.82 Å². The van der Waals surface area contributed by atoms with E-state index in [9.17, 15) is 14.7 Å². The molecule has 1 aliphatic heterocycles. The fraction of sp³-hybridized carbons (Fsp3) is 0.643. The SMILES string of the molecule is CC1CCCN(c2nccn(C(C)C)c2=O)C1C(=O)O. The summed E-state index contributed by atoms with van der Waals surface area (Å²) in [6.45, 7) is 6.30. The molecule has 1 aliphatic rings. The van der Waals surface area contributed by atoms with Gasteiger partial charge in [0, 0.05) is 25.0 Å². The highest BCUT2D eigenvalue weighted by Crippen LogP contribution is 2.26. The van der Waals surface area contributed by atoms with Crippen LogP contribution in [0.2, 0.25) is 0 Å². The van der Waals surface area contributed by atoms with Crippen LogP contribution in [0, 0.1) is 5.92 Å². The van der Waals surface area contributed by atoms with Gasteiger partial charge in [-0.3, -0.25) is 4.79 Å². The second-order valence-corrected chi connectivity index (χ2v) is 5.65. The molecular formula is C14H21N3O3. The Labute approximate surface area is 118 Å². The van der Waals surface area contributed by atoms with E-state index in [4.69, 9.17) is 0 Å². The Balaban J connectivity index is 2.46. The topological polar surface area (TPSA) is 75.4 Å². The number of hydrogen-bond acceptors (Lipinski definition) is 4. The van der Waals surface area contributed by atoms with Gasteiger partial charge >= 0.3 is 5.97 Å². The highest BCUT2D eigenvalue weighted by atomic mass is 16.4. The molecule has 0 aromatic carbocycles. The Morgan fingerprint density at radius 3 is 2.80 bits per heavy atom. The Bertz CT molecular complexity index is 553. The molecule has 0 spiro atoms. The molecular weight excluding hydrogens is 258 g/mol. The molecule has 2 atom stereocenters. The summed E-state index contributed by atoms with van der Waals surface area (Å²) in [4.78, 5) is 29.7. The predicted octanol–water partition coefficient (Wildman–Crippen LogP) is 1.51. The molecule has 2 heterocycles. The molecule has 2 unspecified atom stereocenters. The number of aliphatic carboxylic acids is 1. The molecule has 0 amide bonds. The lowest BCUT2D eigenvalue weighted by molar-refractivity contribution is -0.140. The van der Waals surface area contributed by atoms with E-state index in [2.05, 4.69) is 4.98 Å². The Morgan fingerprint density at radius 2 is 2.20 bits per heavy atom. The van der Waals surface area contributed by atoms with Gasteiger partial charge in [0.15, 0.2) is 5.82 Å². The zero-order valence-electron chi connectivity index (χ0n) is 12.1. The monoisotopic (exact) mass is 279 g/mol. The Hall–Kier alpha value is -1.85. The number of aromatic nitrogens is 2. The van der Waals surface area contributed by atoms with E-state index in [1.54, 1.807) is 21.9 Å². The van der Waals surface area contributed by atoms with E-state index < -0.39 is 12.0 Å². The lowest BCUT2D eigenvalue weighted by Gasteiger charge is -2.37. The van der Waals surface area contributed by atoms with Crippen molar-refractivity contribution in [2.75, 3.05) is 11.4 Å². The van der Waals surface area contributed by atoms with Crippen molar-refractivity contribution in [2.24, 2.45) is 5.92 Å². The lowest BCUT2D eigenvalue weighted by Crippen LogP contribution is -2.52. The summed E-state index contributed by atoms with van der Waals surface area (Å²) in [6, 6.07) is -0.651. The molecule has 0 aliphatic carbocycles. The molecule has 1 aromatic rings. The van der Waals surface area contributed by atoms with Gasteiger partial charge in [-0.15, -0.1) is 0 Å². The number of carboxylic acids is 1. The summed E-state index contributed by atoms with van der Waals surface area (Å²) in [5.41, 5.74) is -0.220. The maximum atomic E-state index is 12.5. The van der Waals surface area contributed by atoms with E-state index in [0.29, 0.717) is 6.54 Å². The Kier molecular flexibility index (Phi) is 4.11. The van der Waals surface area contributed by atoms with Crippen molar-refractivity contribution in [3.05, 3.63) is 22.7 Å². The molecule has 6 nitrogen and oxygen atoms in total. The number of carbonyl (C=O) groups is 1. The zero-order chi connectivity index (χ0) is 14.9. The number of hydrogen-bond donors (Lipinski definition) is 1. The molecule has 6 heteroatoms. The van der Waals surface area contributed by atoms with Gasteiger partial charge in [-0.1, -0.05) is 6.92 Å². The average molecular weight is 279 g/mol. The van der Waals surface area contributed by atoms with Crippen molar-refractivity contribution in [2.45, 2.75) is 45.7 Å². The number of carboxylic acid groups (broad SMARTS) is 1. The first-order chi connectivity index (χ1) is 9.43. The van der Waals surface area contributed by atoms with Gasteiger partial charge in [0.05, 0.1) is 0 Å². The van der Waals surface area contributed by atoms with Crippen LogP contribution in [0.3, 0.4) is 0 Å². The van der Waals surface area contributed by atoms with Gasteiger partial charge < -0.3 is 14.6 Å². The van der Waals surface area contributed by atoms with Crippen molar-refractivity contribution < 1.29 is 9.90 Å². The largest absolute Gasteiger partial charge is 0.480 e. The van der Waals surface area contributed by atoms with Crippen molar-refractivity contribution in [1.82, 2.24) is 9.55 Å². The standard InChI is InChI=1S/C14H21N3O3/c1-9(2)16-8-6-15-12(13(16)18)17-7-4-5-10(3)11(17)14(19)20/h6,8-11H,4-5,7H2,1-3H3,(H,19,20). The molecule has 2 rings (SSSR count). The highest BCUT2D eigenvalue weighted by molar-refractivity contribution is 5.78. The van der Waals surface area contributed by atoms with Crippen LogP contribution < -0.4 is 10.5 Å². The summed E-state index contributed by atoms with van der Waals surface area (Å²) in [7, 11) is 0. The lowest BCUT2D eigenvalue weighted by atomic mass is 9.91. The fourth-order valence-corrected chi connectivity index (χ4v) is 2.82. The normalized spacial score (nSPS) is 23.1. The first kappa shape index (κ1) is 14.6. The van der Waals surface area contributed by atoms with Gasteiger partial charge in [0.2, 0.25) is 0 Å². The van der Waals surface area contributed by atoms with Crippen LogP contribution in [-0.2, 0) is 4.79 Å². The maximum absolute atomic E-state index is 12.5. The van der Waals surface area contributed by atoms with E-state index >= 15 is 0 Å². The first-order valence-electron chi connectivity index (χ1n) is 7.00. The predicted molar refractivity (Wildman–Crippen MR) is 76.0 cm³/mol. The van der Waals surface area contributed by atoms with E-state index in [0.717, 1.165) is 12.8 Å². The van der Waals surface area contributed by atoms with Crippen LogP contribution in [0.25, 0.3) is 0 Å². The average Bonchev–Trinajstić information content (AvgIpc) is 2.37. The third kappa shape index (κ3) is 2.55. The summed E-state index contributed by atoms with van der Waals surface area (Å²) < 4.78 is 1.58. The van der Waals surface area contributed by atoms with Crippen LogP contribution >= 0.6 is 0 Å². The second-order valence-electron chi connectivity index (χ2n) is 5.65. The van der Waals surface area contributed by atoms with Gasteiger partial charge in [-0.2, -0.15) is 0 Å². The fourth-order valence-electron chi connectivity index (χ4n) is 2.82. The van der Waals surface area contributed by atoms with Crippen molar-refractivity contribution in [1.29, 1.82) is 0 Å². The number of rotatable bonds is 3. The van der Waals surface area contributed by atoms with Crippen LogP contribution in [-0.4, -0.2) is 33.2 Å². The zero-order valence-corrected chi connectivity index (χ0v) is 12.1. The summed E-state index contributed by atoms with van der Waals surface area (Å²) in [5, 5.41) is 9.43. The minimum atomic E-state index is -0.890. The summed E-state index contributed by atoms with van der Waals surface area (Å²) >= 11 is 0. The third-order valence-corrected chi connectivity index (χ3v) is 3.86. The van der Waals surface area contributed by atoms with Gasteiger partial charge in [0.1, 0.15) is 6.04 Å². The molecule has 1 saturated heterocycles. The minimum absolute atomic E-state index is 0.00940. The first-order valence-corrected chi connectivity index (χ1v) is 7.00. The highest BCUT2D eigenvalue weighted by Gasteiger charge is 2.36. The number of nitrogens with zero attached hydrogens (tertiary/aromatic N) is 3. The molecule has 1 fully saturated rings. The maximum Gasteiger partial charge on any atom is 0.326 e. The molecule has 20 heavy (non-hydrogen) atoms. The van der Waals surface area contributed by atoms with E-state index in [1.165, 1.54) is 0 Å². The van der Waals surface area contributed by atoms with Crippen LogP contribution in [0.5, 0.6) is 0 Å². The van der Waals surface area contributed by atoms with Gasteiger partial charge in [-0.05, 0) is 32.6 Å². The van der Waals surface area contributed by atoms with Gasteiger partial charge in [0.25, 0.3) is 5.56 Å². The molecule has 0 saturated carbocycles. The molecule has 1 N–H and O–H groups in total. The Morgan fingerprint density at radius 1 is 1.50 bits per heavy atom. The summed E-state index contributed by atoms with van der Waals surface area (Å²) in [5.74, 6) is -0.631. The van der Waals surface area contributed by atoms with Crippen molar-refractivity contribution in [3.63, 3.8) is 0 Å². The van der Waals surface area contributed by atoms with E-state index in [1.807, 2.05) is 20.8 Å². The molecule has 1 aromatic heterocycles. The quantitative estimate of drug-likeness (QED) is 0.907. The number of piperidine rings is 1. The van der Waals surface area contributed by atoms with Crippen LogP contribution in [0.15, 0.2) is 17.2 Å². The second kappa shape index (κ2) is 5.64. The van der Waals surface area contributed by atoms with E-state index in [-0.39, 0.29) is 23.3 Å². The smallest absolute Gasteiger partial charge is 0.326 e. The third-order valence-electron chi connectivity index (χ3n) is 3.86. The van der Waals surface area contributed by atoms with Gasteiger partial charge in [-0.25, -0.2) is 9.78 Å².